The van der Waals surface area contributed by atoms with Crippen molar-refractivity contribution >= 4 is 5.91 Å². The molecule has 1 amide bonds. The normalized spacial score (nSPS) is 21.8. The van der Waals surface area contributed by atoms with E-state index in [1.54, 1.807) is 4.90 Å². The van der Waals surface area contributed by atoms with Gasteiger partial charge in [0.1, 0.15) is 6.10 Å². The number of amides is 1. The van der Waals surface area contributed by atoms with E-state index in [0.717, 1.165) is 18.4 Å². The Balaban J connectivity index is 1.91. The van der Waals surface area contributed by atoms with Crippen LogP contribution in [0.3, 0.4) is 0 Å². The maximum absolute atomic E-state index is 12.3. The molecule has 1 heterocycles. The van der Waals surface area contributed by atoms with Crippen LogP contribution in [0.15, 0.2) is 24.3 Å². The van der Waals surface area contributed by atoms with Crippen LogP contribution in [0.4, 0.5) is 0 Å². The first-order chi connectivity index (χ1) is 10.0. The van der Waals surface area contributed by atoms with Gasteiger partial charge in [-0.2, -0.15) is 0 Å². The molecule has 1 aromatic rings. The summed E-state index contributed by atoms with van der Waals surface area (Å²) >= 11 is 0. The molecule has 1 saturated heterocycles. The Morgan fingerprint density at radius 1 is 1.33 bits per heavy atom. The third-order valence-corrected chi connectivity index (χ3v) is 4.09. The second kappa shape index (κ2) is 7.05. The smallest absolute Gasteiger partial charge is 0.251 e. The molecule has 1 fully saturated rings. The summed E-state index contributed by atoms with van der Waals surface area (Å²) in [5, 5.41) is 0. The maximum atomic E-state index is 12.3. The predicted molar refractivity (Wildman–Crippen MR) is 84.0 cm³/mol. The summed E-state index contributed by atoms with van der Waals surface area (Å²) in [4.78, 5) is 14.1. The highest BCUT2D eigenvalue weighted by Gasteiger charge is 2.31. The molecule has 0 bridgehead atoms. The Labute approximate surface area is 127 Å². The number of carbonyl (C=O) groups excluding carboxylic acids is 1. The standard InChI is InChI=1S/C17H26N2O2/c1-12(2)14-6-4-13(5-7-14)11-19(3)17(20)16-9-8-15(10-18)21-16/h4-7,12,15-16H,8-11,18H2,1-3H3. The molecule has 2 N–H and O–H groups in total. The van der Waals surface area contributed by atoms with Crippen molar-refractivity contribution in [1.82, 2.24) is 4.90 Å². The Bertz CT molecular complexity index is 470. The highest BCUT2D eigenvalue weighted by molar-refractivity contribution is 5.81. The zero-order valence-corrected chi connectivity index (χ0v) is 13.2. The number of benzene rings is 1. The summed E-state index contributed by atoms with van der Waals surface area (Å²) in [6, 6.07) is 8.46. The minimum atomic E-state index is -0.321. The van der Waals surface area contributed by atoms with Crippen molar-refractivity contribution < 1.29 is 9.53 Å². The van der Waals surface area contributed by atoms with E-state index in [0.29, 0.717) is 19.0 Å². The van der Waals surface area contributed by atoms with Crippen LogP contribution in [-0.4, -0.2) is 36.6 Å². The fraction of sp³-hybridized carbons (Fsp3) is 0.588. The van der Waals surface area contributed by atoms with Crippen LogP contribution < -0.4 is 5.73 Å². The quantitative estimate of drug-likeness (QED) is 0.905. The monoisotopic (exact) mass is 290 g/mol. The number of carbonyl (C=O) groups is 1. The summed E-state index contributed by atoms with van der Waals surface area (Å²) < 4.78 is 5.67. The van der Waals surface area contributed by atoms with Crippen molar-refractivity contribution in [1.29, 1.82) is 0 Å². The van der Waals surface area contributed by atoms with Crippen molar-refractivity contribution in [2.75, 3.05) is 13.6 Å². The molecule has 4 heteroatoms. The number of likely N-dealkylation sites (N-methyl/N-ethyl adjacent to an activating group) is 1. The molecule has 0 aromatic heterocycles. The van der Waals surface area contributed by atoms with Gasteiger partial charge in [-0.05, 0) is 29.9 Å². The average molecular weight is 290 g/mol. The summed E-state index contributed by atoms with van der Waals surface area (Å²) in [6.45, 7) is 5.46. The van der Waals surface area contributed by atoms with Gasteiger partial charge < -0.3 is 15.4 Å². The Morgan fingerprint density at radius 3 is 2.52 bits per heavy atom. The lowest BCUT2D eigenvalue weighted by atomic mass is 10.0. The molecular weight excluding hydrogens is 264 g/mol. The van der Waals surface area contributed by atoms with Gasteiger partial charge in [0.25, 0.3) is 5.91 Å². The molecule has 2 unspecified atom stereocenters. The zero-order chi connectivity index (χ0) is 15.4. The van der Waals surface area contributed by atoms with Crippen LogP contribution in [0.25, 0.3) is 0 Å². The molecule has 4 nitrogen and oxygen atoms in total. The average Bonchev–Trinajstić information content (AvgIpc) is 2.95. The van der Waals surface area contributed by atoms with E-state index < -0.39 is 0 Å². The first-order valence-electron chi connectivity index (χ1n) is 7.70. The number of hydrogen-bond donors (Lipinski definition) is 1. The lowest BCUT2D eigenvalue weighted by Gasteiger charge is -2.21. The molecular formula is C17H26N2O2. The molecule has 21 heavy (non-hydrogen) atoms. The largest absolute Gasteiger partial charge is 0.364 e. The van der Waals surface area contributed by atoms with Crippen LogP contribution in [0.2, 0.25) is 0 Å². The lowest BCUT2D eigenvalue weighted by molar-refractivity contribution is -0.141. The first-order valence-corrected chi connectivity index (χ1v) is 7.70. The van der Waals surface area contributed by atoms with Gasteiger partial charge in [-0.1, -0.05) is 38.1 Å². The van der Waals surface area contributed by atoms with E-state index in [4.69, 9.17) is 10.5 Å². The molecule has 116 valence electrons. The summed E-state index contributed by atoms with van der Waals surface area (Å²) in [6.07, 6.45) is 1.37. The van der Waals surface area contributed by atoms with Crippen molar-refractivity contribution in [2.45, 2.75) is 51.4 Å². The van der Waals surface area contributed by atoms with E-state index >= 15 is 0 Å². The molecule has 2 atom stereocenters. The molecule has 0 saturated carbocycles. The van der Waals surface area contributed by atoms with Crippen molar-refractivity contribution in [3.05, 3.63) is 35.4 Å². The maximum Gasteiger partial charge on any atom is 0.251 e. The molecule has 0 spiro atoms. The van der Waals surface area contributed by atoms with Gasteiger partial charge in [0.05, 0.1) is 6.10 Å². The number of nitrogens with zero attached hydrogens (tertiary/aromatic N) is 1. The van der Waals surface area contributed by atoms with Crippen molar-refractivity contribution in [3.63, 3.8) is 0 Å². The van der Waals surface area contributed by atoms with Gasteiger partial charge >= 0.3 is 0 Å². The molecule has 1 aliphatic heterocycles. The van der Waals surface area contributed by atoms with E-state index in [1.165, 1.54) is 5.56 Å². The number of rotatable bonds is 5. The van der Waals surface area contributed by atoms with Gasteiger partial charge in [0, 0.05) is 20.1 Å². The van der Waals surface area contributed by atoms with E-state index in [9.17, 15) is 4.79 Å². The van der Waals surface area contributed by atoms with Crippen molar-refractivity contribution in [2.24, 2.45) is 5.73 Å². The Kier molecular flexibility index (Phi) is 5.37. The fourth-order valence-electron chi connectivity index (χ4n) is 2.67. The first kappa shape index (κ1) is 16.0. The molecule has 0 aliphatic carbocycles. The number of ether oxygens (including phenoxy) is 1. The van der Waals surface area contributed by atoms with Gasteiger partial charge in [-0.3, -0.25) is 4.79 Å². The van der Waals surface area contributed by atoms with Crippen LogP contribution in [0.1, 0.15) is 43.7 Å². The van der Waals surface area contributed by atoms with Crippen LogP contribution in [0.5, 0.6) is 0 Å². The highest BCUT2D eigenvalue weighted by Crippen LogP contribution is 2.21. The predicted octanol–water partition coefficient (Wildman–Crippen LogP) is 2.27. The number of nitrogens with two attached hydrogens (primary N) is 1. The second-order valence-corrected chi connectivity index (χ2v) is 6.15. The van der Waals surface area contributed by atoms with Gasteiger partial charge in [-0.25, -0.2) is 0 Å². The van der Waals surface area contributed by atoms with Crippen LogP contribution in [0, 0.1) is 0 Å². The second-order valence-electron chi connectivity index (χ2n) is 6.15. The van der Waals surface area contributed by atoms with E-state index in [1.807, 2.05) is 7.05 Å². The Morgan fingerprint density at radius 2 is 2.00 bits per heavy atom. The third kappa shape index (κ3) is 4.05. The van der Waals surface area contributed by atoms with E-state index in [2.05, 4.69) is 38.1 Å². The fourth-order valence-corrected chi connectivity index (χ4v) is 2.67. The minimum absolute atomic E-state index is 0.0395. The zero-order valence-electron chi connectivity index (χ0n) is 13.2. The van der Waals surface area contributed by atoms with E-state index in [-0.39, 0.29) is 18.1 Å². The SMILES string of the molecule is CC(C)c1ccc(CN(C)C(=O)C2CCC(CN)O2)cc1. The number of hydrogen-bond acceptors (Lipinski definition) is 3. The van der Waals surface area contributed by atoms with Gasteiger partial charge in [0.2, 0.25) is 0 Å². The lowest BCUT2D eigenvalue weighted by Crippen LogP contribution is -2.36. The molecule has 1 aromatic carbocycles. The van der Waals surface area contributed by atoms with Gasteiger partial charge in [-0.15, -0.1) is 0 Å². The molecule has 2 rings (SSSR count). The Hall–Kier alpha value is -1.39. The summed E-state index contributed by atoms with van der Waals surface area (Å²) in [7, 11) is 1.83. The summed E-state index contributed by atoms with van der Waals surface area (Å²) in [5.74, 6) is 0.581. The topological polar surface area (TPSA) is 55.6 Å². The molecule has 0 radical (unpaired) electrons. The third-order valence-electron chi connectivity index (χ3n) is 4.09. The van der Waals surface area contributed by atoms with Crippen LogP contribution in [-0.2, 0) is 16.1 Å². The van der Waals surface area contributed by atoms with Crippen molar-refractivity contribution in [3.8, 4) is 0 Å². The highest BCUT2D eigenvalue weighted by atomic mass is 16.5. The van der Waals surface area contributed by atoms with Crippen LogP contribution >= 0.6 is 0 Å². The minimum Gasteiger partial charge on any atom is -0.364 e. The van der Waals surface area contributed by atoms with Gasteiger partial charge in [0.15, 0.2) is 0 Å². The molecule has 1 aliphatic rings. The summed E-state index contributed by atoms with van der Waals surface area (Å²) in [5.41, 5.74) is 8.04.